The first kappa shape index (κ1) is 23.3. The lowest BCUT2D eigenvalue weighted by Gasteiger charge is -2.19. The Morgan fingerprint density at radius 1 is 0.735 bits per heavy atom. The first-order valence-corrected chi connectivity index (χ1v) is 11.7. The number of benzene rings is 4. The Labute approximate surface area is 202 Å². The van der Waals surface area contributed by atoms with Crippen LogP contribution in [-0.2, 0) is 4.74 Å². The van der Waals surface area contributed by atoms with Gasteiger partial charge in [0.2, 0.25) is 0 Å². The molecule has 4 aromatic carbocycles. The molecule has 0 fully saturated rings. The number of rotatable bonds is 8. The number of fused-ring (bicyclic) bond motifs is 1. The van der Waals surface area contributed by atoms with Crippen molar-refractivity contribution in [2.75, 3.05) is 6.61 Å². The Morgan fingerprint density at radius 2 is 1.24 bits per heavy atom. The van der Waals surface area contributed by atoms with Crippen LogP contribution in [0.4, 0.5) is 0 Å². The van der Waals surface area contributed by atoms with Gasteiger partial charge < -0.3 is 4.74 Å². The molecule has 0 bridgehead atoms. The molecule has 4 rings (SSSR count). The highest BCUT2D eigenvalue weighted by molar-refractivity contribution is 6.11. The molecule has 0 aliphatic heterocycles. The summed E-state index contributed by atoms with van der Waals surface area (Å²) in [5.74, 6) is 0.176. The molecule has 0 radical (unpaired) electrons. The monoisotopic (exact) mass is 446 g/mol. The van der Waals surface area contributed by atoms with Crippen molar-refractivity contribution in [1.82, 2.24) is 0 Å². The van der Waals surface area contributed by atoms with E-state index in [1.54, 1.807) is 0 Å². The predicted molar refractivity (Wildman–Crippen MR) is 143 cm³/mol. The molecule has 170 valence electrons. The van der Waals surface area contributed by atoms with Crippen molar-refractivity contribution in [2.24, 2.45) is 0 Å². The lowest BCUT2D eigenvalue weighted by molar-refractivity contribution is 0.102. The largest absolute Gasteiger partial charge is 0.493 e. The molecule has 0 saturated carbocycles. The summed E-state index contributed by atoms with van der Waals surface area (Å²) in [5, 5.41) is 2.43. The lowest BCUT2D eigenvalue weighted by Crippen LogP contribution is -2.07. The molecule has 0 N–H and O–H groups in total. The number of ether oxygens (including phenoxy) is 1. The Kier molecular flexibility index (Phi) is 6.79. The maximum absolute atomic E-state index is 12.9. The zero-order chi connectivity index (χ0) is 24.2. The van der Waals surface area contributed by atoms with Gasteiger partial charge in [0.1, 0.15) is 5.76 Å². The van der Waals surface area contributed by atoms with Gasteiger partial charge in [-0.2, -0.15) is 0 Å². The normalized spacial score (nSPS) is 10.8. The number of carbonyl (C=O) groups is 1. The van der Waals surface area contributed by atoms with Crippen molar-refractivity contribution >= 4 is 16.6 Å². The molecular formula is C32H30O2. The molecule has 0 spiro atoms. The van der Waals surface area contributed by atoms with Crippen LogP contribution in [0, 0.1) is 13.8 Å². The van der Waals surface area contributed by atoms with E-state index in [1.165, 1.54) is 38.6 Å². The van der Waals surface area contributed by atoms with Crippen LogP contribution in [0.25, 0.3) is 33.0 Å². The molecular weight excluding hydrogens is 416 g/mol. The molecule has 0 unspecified atom stereocenters. The van der Waals surface area contributed by atoms with E-state index in [9.17, 15) is 4.79 Å². The van der Waals surface area contributed by atoms with E-state index in [4.69, 9.17) is 4.74 Å². The van der Waals surface area contributed by atoms with Crippen LogP contribution in [0.1, 0.15) is 34.8 Å². The second-order valence-corrected chi connectivity index (χ2v) is 8.57. The van der Waals surface area contributed by atoms with Crippen LogP contribution in [0.5, 0.6) is 0 Å². The summed E-state index contributed by atoms with van der Waals surface area (Å²) < 4.78 is 5.50. The first-order valence-electron chi connectivity index (χ1n) is 11.7. The number of allylic oxidation sites excluding steroid dienone is 1. The first-order chi connectivity index (χ1) is 16.4. The van der Waals surface area contributed by atoms with Gasteiger partial charge in [0.25, 0.3) is 0 Å². The van der Waals surface area contributed by atoms with Gasteiger partial charge >= 0.3 is 0 Å². The van der Waals surface area contributed by atoms with E-state index < -0.39 is 0 Å². The summed E-state index contributed by atoms with van der Waals surface area (Å²) in [6.45, 7) is 14.7. The fourth-order valence-corrected chi connectivity index (χ4v) is 4.45. The average Bonchev–Trinajstić information content (AvgIpc) is 2.88. The SMILES string of the molecule is C=C(OCCC)C(=C)C(=O)c1ccc(-c2c(C)c(C)c(-c3ccccc3)c3ccccc23)cc1. The molecule has 0 saturated heterocycles. The predicted octanol–water partition coefficient (Wildman–Crippen LogP) is 8.47. The van der Waals surface area contributed by atoms with E-state index >= 15 is 0 Å². The van der Waals surface area contributed by atoms with Crippen molar-refractivity contribution < 1.29 is 9.53 Å². The minimum Gasteiger partial charge on any atom is -0.493 e. The maximum Gasteiger partial charge on any atom is 0.196 e. The summed E-state index contributed by atoms with van der Waals surface area (Å²) in [4.78, 5) is 12.9. The second kappa shape index (κ2) is 9.93. The van der Waals surface area contributed by atoms with Crippen molar-refractivity contribution in [3.05, 3.63) is 120 Å². The molecule has 4 aromatic rings. The standard InChI is InChI=1S/C32H30O2/c1-6-20-34-24(5)23(4)32(33)27-18-16-26(17-19-27)31-22(3)21(2)30(25-12-8-7-9-13-25)28-14-10-11-15-29(28)31/h7-19H,4-6,20H2,1-3H3. The molecule has 0 atom stereocenters. The maximum atomic E-state index is 12.9. The highest BCUT2D eigenvalue weighted by Gasteiger charge is 2.18. The molecule has 0 aliphatic carbocycles. The molecule has 0 aliphatic rings. The zero-order valence-corrected chi connectivity index (χ0v) is 20.2. The van der Waals surface area contributed by atoms with Crippen LogP contribution in [0.2, 0.25) is 0 Å². The Bertz CT molecular complexity index is 1380. The van der Waals surface area contributed by atoms with Gasteiger partial charge in [-0.25, -0.2) is 0 Å². The van der Waals surface area contributed by atoms with Crippen molar-refractivity contribution in [2.45, 2.75) is 27.2 Å². The van der Waals surface area contributed by atoms with E-state index in [0.29, 0.717) is 23.5 Å². The minimum absolute atomic E-state index is 0.162. The van der Waals surface area contributed by atoms with Gasteiger partial charge in [0, 0.05) is 5.56 Å². The zero-order valence-electron chi connectivity index (χ0n) is 20.2. The Morgan fingerprint density at radius 3 is 1.76 bits per heavy atom. The number of Topliss-reactive ketones (excluding diaryl/α,β-unsaturated/α-hetero) is 1. The van der Waals surface area contributed by atoms with Gasteiger partial charge in [-0.3, -0.25) is 4.79 Å². The Balaban J connectivity index is 1.77. The third-order valence-corrected chi connectivity index (χ3v) is 6.37. The molecule has 2 heteroatoms. The van der Waals surface area contributed by atoms with E-state index in [2.05, 4.69) is 75.5 Å². The lowest BCUT2D eigenvalue weighted by atomic mass is 9.84. The van der Waals surface area contributed by atoms with Gasteiger partial charge in [0.05, 0.1) is 12.2 Å². The third-order valence-electron chi connectivity index (χ3n) is 6.37. The van der Waals surface area contributed by atoms with E-state index in [0.717, 1.165) is 12.0 Å². The fraction of sp³-hybridized carbons (Fsp3) is 0.156. The number of ketones is 1. The number of hydrogen-bond donors (Lipinski definition) is 0. The highest BCUT2D eigenvalue weighted by Crippen LogP contribution is 2.41. The van der Waals surface area contributed by atoms with Crippen molar-refractivity contribution in [3.8, 4) is 22.3 Å². The highest BCUT2D eigenvalue weighted by atomic mass is 16.5. The molecule has 2 nitrogen and oxygen atoms in total. The third kappa shape index (κ3) is 4.32. The summed E-state index contributed by atoms with van der Waals surface area (Å²) in [6, 6.07) is 26.9. The van der Waals surface area contributed by atoms with Gasteiger partial charge in [-0.15, -0.1) is 0 Å². The van der Waals surface area contributed by atoms with Gasteiger partial charge in [-0.05, 0) is 64.4 Å². The fourth-order valence-electron chi connectivity index (χ4n) is 4.45. The summed E-state index contributed by atoms with van der Waals surface area (Å²) in [6.07, 6.45) is 0.852. The summed E-state index contributed by atoms with van der Waals surface area (Å²) in [7, 11) is 0. The smallest absolute Gasteiger partial charge is 0.196 e. The minimum atomic E-state index is -0.162. The van der Waals surface area contributed by atoms with E-state index in [-0.39, 0.29) is 5.78 Å². The van der Waals surface area contributed by atoms with Crippen LogP contribution < -0.4 is 0 Å². The van der Waals surface area contributed by atoms with Gasteiger partial charge in [-0.1, -0.05) is 98.9 Å². The molecule has 0 heterocycles. The van der Waals surface area contributed by atoms with Crippen LogP contribution in [0.15, 0.2) is 103 Å². The van der Waals surface area contributed by atoms with Gasteiger partial charge in [0.15, 0.2) is 5.78 Å². The second-order valence-electron chi connectivity index (χ2n) is 8.57. The van der Waals surface area contributed by atoms with Crippen LogP contribution in [0.3, 0.4) is 0 Å². The molecule has 34 heavy (non-hydrogen) atoms. The summed E-state index contributed by atoms with van der Waals surface area (Å²) >= 11 is 0. The molecule has 0 aromatic heterocycles. The summed E-state index contributed by atoms with van der Waals surface area (Å²) in [5.41, 5.74) is 8.14. The van der Waals surface area contributed by atoms with E-state index in [1.807, 2.05) is 37.3 Å². The van der Waals surface area contributed by atoms with Crippen molar-refractivity contribution in [1.29, 1.82) is 0 Å². The van der Waals surface area contributed by atoms with Crippen LogP contribution in [-0.4, -0.2) is 12.4 Å². The average molecular weight is 447 g/mol. The quantitative estimate of drug-likeness (QED) is 0.117. The van der Waals surface area contributed by atoms with Crippen molar-refractivity contribution in [3.63, 3.8) is 0 Å². The molecule has 0 amide bonds. The topological polar surface area (TPSA) is 26.3 Å². The van der Waals surface area contributed by atoms with Crippen LogP contribution >= 0.6 is 0 Å². The Hall–Kier alpha value is -3.91. The number of hydrogen-bond acceptors (Lipinski definition) is 2. The number of carbonyl (C=O) groups excluding carboxylic acids is 1.